The second-order valence-corrected chi connectivity index (χ2v) is 9.43. The van der Waals surface area contributed by atoms with Gasteiger partial charge in [0.1, 0.15) is 17.2 Å². The second kappa shape index (κ2) is 12.2. The molecule has 0 spiro atoms. The number of hydrogen-bond donors (Lipinski definition) is 2. The molecular weight excluding hydrogens is 492 g/mol. The summed E-state index contributed by atoms with van der Waals surface area (Å²) in [4.78, 5) is 25.3. The monoisotopic (exact) mass is 524 g/mol. The molecule has 0 aliphatic carbocycles. The maximum atomic E-state index is 12.7. The van der Waals surface area contributed by atoms with Crippen molar-refractivity contribution < 1.29 is 23.8 Å². The highest BCUT2D eigenvalue weighted by Crippen LogP contribution is 2.37. The lowest BCUT2D eigenvalue weighted by Gasteiger charge is -2.26. The van der Waals surface area contributed by atoms with Crippen molar-refractivity contribution in [2.24, 2.45) is 0 Å². The zero-order chi connectivity index (χ0) is 27.8. The molecule has 0 fully saturated rings. The van der Waals surface area contributed by atoms with E-state index >= 15 is 0 Å². The van der Waals surface area contributed by atoms with E-state index in [1.54, 1.807) is 36.4 Å². The Balaban J connectivity index is 1.40. The van der Waals surface area contributed by atoms with E-state index in [1.165, 1.54) is 19.8 Å². The van der Waals surface area contributed by atoms with Crippen molar-refractivity contribution >= 4 is 23.2 Å². The molecule has 0 atom stereocenters. The third kappa shape index (κ3) is 6.57. The molecule has 0 saturated heterocycles. The van der Waals surface area contributed by atoms with Crippen LogP contribution in [0.3, 0.4) is 0 Å². The van der Waals surface area contributed by atoms with Gasteiger partial charge >= 0.3 is 0 Å². The molecule has 0 saturated carbocycles. The van der Waals surface area contributed by atoms with Crippen LogP contribution in [0.1, 0.15) is 35.3 Å². The van der Waals surface area contributed by atoms with Gasteiger partial charge in [0.15, 0.2) is 6.61 Å². The van der Waals surface area contributed by atoms with Crippen molar-refractivity contribution in [3.63, 3.8) is 0 Å². The molecule has 0 radical (unpaired) electrons. The Morgan fingerprint density at radius 2 is 1.21 bits per heavy atom. The molecule has 7 nitrogen and oxygen atoms in total. The standard InChI is InChI=1S/C32H32N2O5/c1-32(2,23-13-9-6-10-14-23)24-15-17-25(18-16-24)39-21-30(35)33-26-19-29(38-4)27(20-28(26)37-3)34-31(36)22-11-7-5-8-12-22/h5-20H,21H2,1-4H3,(H,33,35)(H,34,36). The Morgan fingerprint density at radius 3 is 1.77 bits per heavy atom. The van der Waals surface area contributed by atoms with Crippen LogP contribution < -0.4 is 24.8 Å². The molecule has 7 heteroatoms. The fourth-order valence-corrected chi connectivity index (χ4v) is 4.20. The summed E-state index contributed by atoms with van der Waals surface area (Å²) in [6.07, 6.45) is 0. The lowest BCUT2D eigenvalue weighted by atomic mass is 9.78. The normalized spacial score (nSPS) is 10.9. The van der Waals surface area contributed by atoms with Gasteiger partial charge < -0.3 is 24.8 Å². The van der Waals surface area contributed by atoms with E-state index in [2.05, 4.69) is 36.6 Å². The van der Waals surface area contributed by atoms with Crippen molar-refractivity contribution in [2.75, 3.05) is 31.5 Å². The average molecular weight is 525 g/mol. The number of nitrogens with one attached hydrogen (secondary N) is 2. The van der Waals surface area contributed by atoms with Crippen molar-refractivity contribution in [3.8, 4) is 17.2 Å². The van der Waals surface area contributed by atoms with Crippen LogP contribution in [0, 0.1) is 0 Å². The molecule has 0 aliphatic rings. The molecule has 0 aromatic heterocycles. The average Bonchev–Trinajstić information content (AvgIpc) is 2.97. The van der Waals surface area contributed by atoms with Gasteiger partial charge in [0.2, 0.25) is 0 Å². The lowest BCUT2D eigenvalue weighted by Crippen LogP contribution is -2.21. The molecular formula is C32H32N2O5. The van der Waals surface area contributed by atoms with Gasteiger partial charge in [-0.3, -0.25) is 9.59 Å². The van der Waals surface area contributed by atoms with Gasteiger partial charge in [0.25, 0.3) is 11.8 Å². The number of benzene rings is 4. The third-order valence-electron chi connectivity index (χ3n) is 6.52. The van der Waals surface area contributed by atoms with Gasteiger partial charge in [-0.25, -0.2) is 0 Å². The summed E-state index contributed by atoms with van der Waals surface area (Å²) in [6.45, 7) is 4.15. The second-order valence-electron chi connectivity index (χ2n) is 9.43. The molecule has 39 heavy (non-hydrogen) atoms. The highest BCUT2D eigenvalue weighted by atomic mass is 16.5. The van der Waals surface area contributed by atoms with E-state index in [1.807, 2.05) is 48.5 Å². The van der Waals surface area contributed by atoms with Crippen LogP contribution in [0.2, 0.25) is 0 Å². The maximum Gasteiger partial charge on any atom is 0.262 e. The van der Waals surface area contributed by atoms with E-state index < -0.39 is 0 Å². The molecule has 0 bridgehead atoms. The molecule has 0 unspecified atom stereocenters. The molecule has 0 aliphatic heterocycles. The number of rotatable bonds is 10. The summed E-state index contributed by atoms with van der Waals surface area (Å²) in [5.41, 5.74) is 3.50. The molecule has 4 aromatic carbocycles. The summed E-state index contributed by atoms with van der Waals surface area (Å²) < 4.78 is 16.6. The number of amides is 2. The first kappa shape index (κ1) is 27.3. The Hall–Kier alpha value is -4.78. The van der Waals surface area contributed by atoms with Crippen molar-refractivity contribution in [1.82, 2.24) is 0 Å². The van der Waals surface area contributed by atoms with Crippen molar-refractivity contribution in [1.29, 1.82) is 0 Å². The van der Waals surface area contributed by atoms with Gasteiger partial charge in [-0.1, -0.05) is 74.5 Å². The predicted molar refractivity (Wildman–Crippen MR) is 153 cm³/mol. The maximum absolute atomic E-state index is 12.7. The number of carbonyl (C=O) groups is 2. The fourth-order valence-electron chi connectivity index (χ4n) is 4.20. The number of anilines is 2. The Labute approximate surface area is 228 Å². The zero-order valence-corrected chi connectivity index (χ0v) is 22.5. The van der Waals surface area contributed by atoms with Crippen LogP contribution in [0.5, 0.6) is 17.2 Å². The minimum atomic E-state index is -0.370. The first-order valence-corrected chi connectivity index (χ1v) is 12.5. The molecule has 2 N–H and O–H groups in total. The quantitative estimate of drug-likeness (QED) is 0.254. The fraction of sp³-hybridized carbons (Fsp3) is 0.188. The van der Waals surface area contributed by atoms with Crippen molar-refractivity contribution in [3.05, 3.63) is 114 Å². The predicted octanol–water partition coefficient (Wildman–Crippen LogP) is 6.30. The van der Waals surface area contributed by atoms with Crippen LogP contribution in [0.4, 0.5) is 11.4 Å². The van der Waals surface area contributed by atoms with E-state index in [0.29, 0.717) is 34.2 Å². The molecule has 2 amide bonds. The third-order valence-corrected chi connectivity index (χ3v) is 6.52. The smallest absolute Gasteiger partial charge is 0.262 e. The van der Waals surface area contributed by atoms with Crippen LogP contribution in [-0.4, -0.2) is 32.6 Å². The first-order valence-electron chi connectivity index (χ1n) is 12.5. The van der Waals surface area contributed by atoms with Crippen LogP contribution >= 0.6 is 0 Å². The van der Waals surface area contributed by atoms with Crippen molar-refractivity contribution in [2.45, 2.75) is 19.3 Å². The highest BCUT2D eigenvalue weighted by molar-refractivity contribution is 6.05. The molecule has 4 rings (SSSR count). The molecule has 0 heterocycles. The van der Waals surface area contributed by atoms with Gasteiger partial charge in [-0.15, -0.1) is 0 Å². The van der Waals surface area contributed by atoms with E-state index in [0.717, 1.165) is 5.56 Å². The summed E-state index contributed by atoms with van der Waals surface area (Å²) in [5, 5.41) is 5.62. The zero-order valence-electron chi connectivity index (χ0n) is 22.5. The number of methoxy groups -OCH3 is 2. The largest absolute Gasteiger partial charge is 0.494 e. The number of ether oxygens (including phenoxy) is 3. The Kier molecular flexibility index (Phi) is 8.51. The van der Waals surface area contributed by atoms with E-state index in [-0.39, 0.29) is 23.8 Å². The van der Waals surface area contributed by atoms with Crippen LogP contribution in [0.25, 0.3) is 0 Å². The van der Waals surface area contributed by atoms with Gasteiger partial charge in [0.05, 0.1) is 25.6 Å². The summed E-state index contributed by atoms with van der Waals surface area (Å²) in [5.74, 6) is 0.652. The minimum absolute atomic E-state index is 0.167. The van der Waals surface area contributed by atoms with E-state index in [9.17, 15) is 9.59 Å². The van der Waals surface area contributed by atoms with Crippen LogP contribution in [0.15, 0.2) is 97.1 Å². The molecule has 4 aromatic rings. The van der Waals surface area contributed by atoms with Crippen LogP contribution in [-0.2, 0) is 10.2 Å². The number of carbonyl (C=O) groups excluding carboxylic acids is 2. The summed E-state index contributed by atoms with van der Waals surface area (Å²) >= 11 is 0. The first-order chi connectivity index (χ1) is 18.8. The number of hydrogen-bond acceptors (Lipinski definition) is 5. The Bertz CT molecular complexity index is 1420. The highest BCUT2D eigenvalue weighted by Gasteiger charge is 2.23. The van der Waals surface area contributed by atoms with E-state index in [4.69, 9.17) is 14.2 Å². The summed E-state index contributed by atoms with van der Waals surface area (Å²) in [6, 6.07) is 30.1. The van der Waals surface area contributed by atoms with Gasteiger partial charge in [0, 0.05) is 23.1 Å². The minimum Gasteiger partial charge on any atom is -0.494 e. The lowest BCUT2D eigenvalue weighted by molar-refractivity contribution is -0.118. The Morgan fingerprint density at radius 1 is 0.692 bits per heavy atom. The summed E-state index contributed by atoms with van der Waals surface area (Å²) in [7, 11) is 2.96. The molecule has 200 valence electrons. The topological polar surface area (TPSA) is 85.9 Å². The van der Waals surface area contributed by atoms with Gasteiger partial charge in [-0.2, -0.15) is 0 Å². The SMILES string of the molecule is COc1cc(NC(=O)c2ccccc2)c(OC)cc1NC(=O)COc1ccc(C(C)(C)c2ccccc2)cc1. The van der Waals surface area contributed by atoms with Gasteiger partial charge in [-0.05, 0) is 35.4 Å².